The first kappa shape index (κ1) is 8.02. The molecular formula is C7H5BrN2O. The zero-order chi connectivity index (χ0) is 8.27. The van der Waals surface area contributed by atoms with Crippen LogP contribution >= 0.6 is 15.9 Å². The van der Waals surface area contributed by atoms with Gasteiger partial charge in [-0.25, -0.2) is 4.98 Å². The Morgan fingerprint density at radius 1 is 1.73 bits per heavy atom. The number of hydrogen-bond acceptors (Lipinski definition) is 3. The number of rotatable bonds is 1. The van der Waals surface area contributed by atoms with Crippen LogP contribution in [0.15, 0.2) is 16.7 Å². The van der Waals surface area contributed by atoms with E-state index in [-0.39, 0.29) is 0 Å². The summed E-state index contributed by atoms with van der Waals surface area (Å²) in [5, 5.41) is 8.47. The van der Waals surface area contributed by atoms with Gasteiger partial charge in [-0.1, -0.05) is 0 Å². The Hall–Kier alpha value is -1.08. The van der Waals surface area contributed by atoms with Crippen molar-refractivity contribution in [3.8, 4) is 11.9 Å². The Labute approximate surface area is 72.8 Å². The van der Waals surface area contributed by atoms with E-state index in [1.807, 2.05) is 6.07 Å². The van der Waals surface area contributed by atoms with Crippen LogP contribution in [0.1, 0.15) is 5.56 Å². The predicted octanol–water partition coefficient (Wildman–Crippen LogP) is 1.72. The van der Waals surface area contributed by atoms with Crippen LogP contribution in [-0.2, 0) is 0 Å². The van der Waals surface area contributed by atoms with E-state index in [0.29, 0.717) is 15.9 Å². The molecule has 0 aromatic carbocycles. The van der Waals surface area contributed by atoms with Crippen molar-refractivity contribution in [1.29, 1.82) is 5.26 Å². The summed E-state index contributed by atoms with van der Waals surface area (Å²) in [5.74, 6) is 0.490. The SMILES string of the molecule is COc1ncc(C#N)cc1Br. The molecule has 11 heavy (non-hydrogen) atoms. The largest absolute Gasteiger partial charge is 0.480 e. The van der Waals surface area contributed by atoms with Crippen molar-refractivity contribution in [1.82, 2.24) is 4.98 Å². The van der Waals surface area contributed by atoms with Gasteiger partial charge >= 0.3 is 0 Å². The van der Waals surface area contributed by atoms with Crippen LogP contribution in [0.4, 0.5) is 0 Å². The quantitative estimate of drug-likeness (QED) is 0.713. The number of ether oxygens (including phenoxy) is 1. The fraction of sp³-hybridized carbons (Fsp3) is 0.143. The van der Waals surface area contributed by atoms with Gasteiger partial charge in [0.15, 0.2) is 0 Å². The van der Waals surface area contributed by atoms with E-state index in [1.54, 1.807) is 6.07 Å². The maximum atomic E-state index is 8.47. The van der Waals surface area contributed by atoms with E-state index >= 15 is 0 Å². The molecule has 0 aliphatic heterocycles. The van der Waals surface area contributed by atoms with Crippen molar-refractivity contribution in [3.63, 3.8) is 0 Å². The lowest BCUT2D eigenvalue weighted by atomic mass is 10.3. The molecule has 0 aliphatic rings. The number of hydrogen-bond donors (Lipinski definition) is 0. The molecule has 0 unspecified atom stereocenters. The van der Waals surface area contributed by atoms with Gasteiger partial charge in [-0.2, -0.15) is 5.26 Å². The lowest BCUT2D eigenvalue weighted by Gasteiger charge is -1.99. The lowest BCUT2D eigenvalue weighted by Crippen LogP contribution is -1.89. The molecule has 0 spiro atoms. The first-order valence-corrected chi connectivity index (χ1v) is 3.67. The van der Waals surface area contributed by atoms with Gasteiger partial charge in [0.05, 0.1) is 17.1 Å². The number of aromatic nitrogens is 1. The highest BCUT2D eigenvalue weighted by atomic mass is 79.9. The maximum Gasteiger partial charge on any atom is 0.227 e. The van der Waals surface area contributed by atoms with Gasteiger partial charge in [0.2, 0.25) is 5.88 Å². The highest BCUT2D eigenvalue weighted by Gasteiger charge is 2.00. The number of halogens is 1. The van der Waals surface area contributed by atoms with Gasteiger partial charge in [-0.05, 0) is 22.0 Å². The van der Waals surface area contributed by atoms with Crippen LogP contribution in [0.5, 0.6) is 5.88 Å². The molecule has 0 N–H and O–H groups in total. The van der Waals surface area contributed by atoms with E-state index in [9.17, 15) is 0 Å². The van der Waals surface area contributed by atoms with E-state index in [1.165, 1.54) is 13.3 Å². The van der Waals surface area contributed by atoms with Gasteiger partial charge in [0, 0.05) is 6.20 Å². The zero-order valence-electron chi connectivity index (χ0n) is 5.84. The molecule has 0 saturated carbocycles. The minimum absolute atomic E-state index is 0.490. The average Bonchev–Trinajstić information content (AvgIpc) is 2.04. The Balaban J connectivity index is 3.12. The van der Waals surface area contributed by atoms with Gasteiger partial charge in [0.1, 0.15) is 6.07 Å². The molecule has 0 fully saturated rings. The van der Waals surface area contributed by atoms with Crippen molar-refractivity contribution in [3.05, 3.63) is 22.3 Å². The molecule has 1 aromatic heterocycles. The molecular weight excluding hydrogens is 208 g/mol. The Kier molecular flexibility index (Phi) is 2.44. The van der Waals surface area contributed by atoms with Gasteiger partial charge in [-0.15, -0.1) is 0 Å². The minimum atomic E-state index is 0.490. The van der Waals surface area contributed by atoms with Gasteiger partial charge < -0.3 is 4.74 Å². The number of nitrogens with zero attached hydrogens (tertiary/aromatic N) is 2. The molecule has 4 heteroatoms. The molecule has 0 bridgehead atoms. The van der Waals surface area contributed by atoms with E-state index in [4.69, 9.17) is 10.00 Å². The van der Waals surface area contributed by atoms with Crippen molar-refractivity contribution >= 4 is 15.9 Å². The summed E-state index contributed by atoms with van der Waals surface area (Å²) in [4.78, 5) is 3.88. The summed E-state index contributed by atoms with van der Waals surface area (Å²) >= 11 is 3.21. The molecule has 0 atom stereocenters. The normalized spacial score (nSPS) is 8.82. The summed E-state index contributed by atoms with van der Waals surface area (Å²) in [7, 11) is 1.53. The molecule has 3 nitrogen and oxygen atoms in total. The van der Waals surface area contributed by atoms with E-state index in [0.717, 1.165) is 0 Å². The Morgan fingerprint density at radius 3 is 2.91 bits per heavy atom. The third kappa shape index (κ3) is 1.69. The fourth-order valence-corrected chi connectivity index (χ4v) is 1.15. The van der Waals surface area contributed by atoms with Crippen LogP contribution in [0.2, 0.25) is 0 Å². The molecule has 0 amide bonds. The summed E-state index contributed by atoms with van der Waals surface area (Å²) in [6.07, 6.45) is 1.46. The van der Waals surface area contributed by atoms with Gasteiger partial charge in [0.25, 0.3) is 0 Å². The van der Waals surface area contributed by atoms with Crippen LogP contribution < -0.4 is 4.74 Å². The second-order valence-electron chi connectivity index (χ2n) is 1.83. The van der Waals surface area contributed by atoms with Crippen LogP contribution in [-0.4, -0.2) is 12.1 Å². The molecule has 1 heterocycles. The summed E-state index contributed by atoms with van der Waals surface area (Å²) in [5.41, 5.74) is 0.512. The summed E-state index contributed by atoms with van der Waals surface area (Å²) < 4.78 is 5.57. The first-order chi connectivity index (χ1) is 5.27. The molecule has 56 valence electrons. The van der Waals surface area contributed by atoms with Crippen LogP contribution in [0.25, 0.3) is 0 Å². The van der Waals surface area contributed by atoms with E-state index < -0.39 is 0 Å². The highest BCUT2D eigenvalue weighted by Crippen LogP contribution is 2.21. The molecule has 1 rings (SSSR count). The molecule has 0 aliphatic carbocycles. The van der Waals surface area contributed by atoms with Crippen molar-refractivity contribution in [2.75, 3.05) is 7.11 Å². The van der Waals surface area contributed by atoms with Crippen molar-refractivity contribution in [2.45, 2.75) is 0 Å². The first-order valence-electron chi connectivity index (χ1n) is 2.87. The second-order valence-corrected chi connectivity index (χ2v) is 2.68. The number of nitriles is 1. The fourth-order valence-electron chi connectivity index (χ4n) is 0.637. The third-order valence-electron chi connectivity index (χ3n) is 1.13. The van der Waals surface area contributed by atoms with Crippen molar-refractivity contribution < 1.29 is 4.74 Å². The zero-order valence-corrected chi connectivity index (χ0v) is 7.42. The van der Waals surface area contributed by atoms with Gasteiger partial charge in [-0.3, -0.25) is 0 Å². The Morgan fingerprint density at radius 2 is 2.45 bits per heavy atom. The average molecular weight is 213 g/mol. The summed E-state index contributed by atoms with van der Waals surface area (Å²) in [6.45, 7) is 0. The molecule has 1 aromatic rings. The Bertz CT molecular complexity index is 306. The topological polar surface area (TPSA) is 45.9 Å². The van der Waals surface area contributed by atoms with Crippen LogP contribution in [0.3, 0.4) is 0 Å². The predicted molar refractivity (Wildman–Crippen MR) is 43.2 cm³/mol. The lowest BCUT2D eigenvalue weighted by molar-refractivity contribution is 0.395. The van der Waals surface area contributed by atoms with Crippen LogP contribution in [0, 0.1) is 11.3 Å². The highest BCUT2D eigenvalue weighted by molar-refractivity contribution is 9.10. The molecule has 0 radical (unpaired) electrons. The van der Waals surface area contributed by atoms with E-state index in [2.05, 4.69) is 20.9 Å². The maximum absolute atomic E-state index is 8.47. The standard InChI is InChI=1S/C7H5BrN2O/c1-11-7-6(8)2-5(3-9)4-10-7/h2,4H,1H3. The second kappa shape index (κ2) is 3.35. The number of pyridine rings is 1. The minimum Gasteiger partial charge on any atom is -0.480 e. The summed E-state index contributed by atoms with van der Waals surface area (Å²) in [6, 6.07) is 3.63. The smallest absolute Gasteiger partial charge is 0.227 e. The van der Waals surface area contributed by atoms with Crippen molar-refractivity contribution in [2.24, 2.45) is 0 Å². The molecule has 0 saturated heterocycles. The number of methoxy groups -OCH3 is 1. The third-order valence-corrected chi connectivity index (χ3v) is 1.70. The monoisotopic (exact) mass is 212 g/mol.